The largest absolute Gasteiger partial charge is 0.573 e. The normalized spacial score (nSPS) is 11.0. The Labute approximate surface area is 150 Å². The molecule has 134 valence electrons. The number of halogens is 3. The number of carbonyl (C=O) groups excluding carboxylic acids is 1. The first-order valence-electron chi connectivity index (χ1n) is 7.24. The molecule has 1 heterocycles. The molecule has 0 fully saturated rings. The van der Waals surface area contributed by atoms with Crippen molar-refractivity contribution in [2.75, 3.05) is 5.32 Å². The van der Waals surface area contributed by atoms with Crippen molar-refractivity contribution in [2.45, 2.75) is 6.36 Å². The van der Waals surface area contributed by atoms with Gasteiger partial charge in [-0.2, -0.15) is 0 Å². The fourth-order valence-electron chi connectivity index (χ4n) is 2.01. The number of aromatic nitrogens is 1. The van der Waals surface area contributed by atoms with E-state index in [-0.39, 0.29) is 11.3 Å². The molecule has 0 unspecified atom stereocenters. The van der Waals surface area contributed by atoms with E-state index in [1.165, 1.54) is 41.7 Å². The third kappa shape index (κ3) is 4.73. The molecule has 0 aliphatic rings. The Hall–Kier alpha value is -3.07. The van der Waals surface area contributed by atoms with Gasteiger partial charge in [0.25, 0.3) is 11.1 Å². The van der Waals surface area contributed by atoms with Crippen LogP contribution < -0.4 is 14.8 Å². The average Bonchev–Trinajstić information content (AvgIpc) is 3.09. The van der Waals surface area contributed by atoms with Crippen LogP contribution in [0.4, 0.5) is 18.9 Å². The fraction of sp³-hybridized carbons (Fsp3) is 0.0588. The Morgan fingerprint density at radius 3 is 2.46 bits per heavy atom. The standard InChI is InChI=1S/C17H11F3N2O3S/c18-17(19,20)25-14-4-2-1-3-13(14)22-15(23)11-5-7-12(8-6-11)24-16-21-9-10-26-16/h1-10H,(H,22,23). The summed E-state index contributed by atoms with van der Waals surface area (Å²) in [6.07, 6.45) is -3.25. The maximum absolute atomic E-state index is 12.4. The van der Waals surface area contributed by atoms with Crippen LogP contribution >= 0.6 is 11.3 Å². The first kappa shape index (κ1) is 17.7. The summed E-state index contributed by atoms with van der Waals surface area (Å²) in [5.74, 6) is -0.585. The van der Waals surface area contributed by atoms with Crippen LogP contribution in [0.15, 0.2) is 60.1 Å². The van der Waals surface area contributed by atoms with Gasteiger partial charge in [-0.15, -0.1) is 13.2 Å². The lowest BCUT2D eigenvalue weighted by Gasteiger charge is -2.14. The Balaban J connectivity index is 1.70. The van der Waals surface area contributed by atoms with Crippen LogP contribution in [0.1, 0.15) is 10.4 Å². The molecule has 1 aromatic heterocycles. The SMILES string of the molecule is O=C(Nc1ccccc1OC(F)(F)F)c1ccc(Oc2nccs2)cc1. The summed E-state index contributed by atoms with van der Waals surface area (Å²) in [4.78, 5) is 16.2. The summed E-state index contributed by atoms with van der Waals surface area (Å²) in [5.41, 5.74) is 0.163. The van der Waals surface area contributed by atoms with Gasteiger partial charge in [-0.3, -0.25) is 4.79 Å². The highest BCUT2D eigenvalue weighted by Gasteiger charge is 2.32. The molecule has 0 atom stereocenters. The molecule has 0 bridgehead atoms. The second-order valence-electron chi connectivity index (χ2n) is 4.92. The number of alkyl halides is 3. The Kier molecular flexibility index (Phi) is 5.08. The van der Waals surface area contributed by atoms with Gasteiger partial charge in [0, 0.05) is 17.1 Å². The number of anilines is 1. The minimum Gasteiger partial charge on any atom is -0.431 e. The molecule has 3 aromatic rings. The zero-order valence-electron chi connectivity index (χ0n) is 13.0. The third-order valence-corrected chi connectivity index (χ3v) is 3.74. The number of nitrogens with one attached hydrogen (secondary N) is 1. The van der Waals surface area contributed by atoms with Gasteiger partial charge in [-0.1, -0.05) is 23.5 Å². The zero-order chi connectivity index (χ0) is 18.6. The second-order valence-corrected chi connectivity index (χ2v) is 5.78. The van der Waals surface area contributed by atoms with Crippen molar-refractivity contribution >= 4 is 22.9 Å². The van der Waals surface area contributed by atoms with Gasteiger partial charge in [0.05, 0.1) is 5.69 Å². The lowest BCUT2D eigenvalue weighted by molar-refractivity contribution is -0.274. The predicted molar refractivity (Wildman–Crippen MR) is 89.7 cm³/mol. The van der Waals surface area contributed by atoms with E-state index >= 15 is 0 Å². The maximum atomic E-state index is 12.4. The van der Waals surface area contributed by atoms with Crippen LogP contribution in [-0.4, -0.2) is 17.3 Å². The van der Waals surface area contributed by atoms with Crippen molar-refractivity contribution in [3.05, 3.63) is 65.7 Å². The van der Waals surface area contributed by atoms with Gasteiger partial charge in [0.1, 0.15) is 5.75 Å². The van der Waals surface area contributed by atoms with Crippen molar-refractivity contribution in [2.24, 2.45) is 0 Å². The van der Waals surface area contributed by atoms with E-state index in [4.69, 9.17) is 4.74 Å². The van der Waals surface area contributed by atoms with Gasteiger partial charge in [0.2, 0.25) is 0 Å². The fourth-order valence-corrected chi connectivity index (χ4v) is 2.52. The summed E-state index contributed by atoms with van der Waals surface area (Å²) >= 11 is 1.32. The lowest BCUT2D eigenvalue weighted by atomic mass is 10.2. The van der Waals surface area contributed by atoms with E-state index in [0.29, 0.717) is 10.9 Å². The second kappa shape index (κ2) is 7.44. The third-order valence-electron chi connectivity index (χ3n) is 3.09. The minimum atomic E-state index is -4.85. The molecule has 9 heteroatoms. The number of para-hydroxylation sites is 2. The molecule has 0 aliphatic heterocycles. The molecular weight excluding hydrogens is 369 g/mol. The van der Waals surface area contributed by atoms with Crippen molar-refractivity contribution in [3.8, 4) is 16.7 Å². The molecule has 1 N–H and O–H groups in total. The number of thiazole rings is 1. The highest BCUT2D eigenvalue weighted by Crippen LogP contribution is 2.30. The van der Waals surface area contributed by atoms with Crippen molar-refractivity contribution in [3.63, 3.8) is 0 Å². The summed E-state index contributed by atoms with van der Waals surface area (Å²) in [6.45, 7) is 0. The number of amides is 1. The molecule has 0 spiro atoms. The Morgan fingerprint density at radius 2 is 1.81 bits per heavy atom. The lowest BCUT2D eigenvalue weighted by Crippen LogP contribution is -2.19. The van der Waals surface area contributed by atoms with Crippen molar-refractivity contribution < 1.29 is 27.4 Å². The number of benzene rings is 2. The molecule has 1 amide bonds. The first-order chi connectivity index (χ1) is 12.4. The van der Waals surface area contributed by atoms with E-state index in [1.54, 1.807) is 23.7 Å². The van der Waals surface area contributed by atoms with Crippen LogP contribution in [0.25, 0.3) is 0 Å². The molecule has 0 aliphatic carbocycles. The molecule has 26 heavy (non-hydrogen) atoms. The van der Waals surface area contributed by atoms with E-state index < -0.39 is 18.0 Å². The predicted octanol–water partition coefficient (Wildman–Crippen LogP) is 5.09. The number of rotatable bonds is 5. The number of carbonyl (C=O) groups is 1. The van der Waals surface area contributed by atoms with E-state index in [0.717, 1.165) is 6.07 Å². The highest BCUT2D eigenvalue weighted by atomic mass is 32.1. The summed E-state index contributed by atoms with van der Waals surface area (Å²) < 4.78 is 46.7. The van der Waals surface area contributed by atoms with Crippen molar-refractivity contribution in [1.29, 1.82) is 0 Å². The molecular formula is C17H11F3N2O3S. The van der Waals surface area contributed by atoms with Gasteiger partial charge in [-0.05, 0) is 36.4 Å². The summed E-state index contributed by atoms with van der Waals surface area (Å²) in [7, 11) is 0. The number of hydrogen-bond acceptors (Lipinski definition) is 5. The highest BCUT2D eigenvalue weighted by molar-refractivity contribution is 7.11. The van der Waals surface area contributed by atoms with E-state index in [9.17, 15) is 18.0 Å². The smallest absolute Gasteiger partial charge is 0.431 e. The molecule has 5 nitrogen and oxygen atoms in total. The van der Waals surface area contributed by atoms with Gasteiger partial charge < -0.3 is 14.8 Å². The van der Waals surface area contributed by atoms with Crippen LogP contribution in [-0.2, 0) is 0 Å². The molecule has 0 radical (unpaired) electrons. The molecule has 0 saturated carbocycles. The van der Waals surface area contributed by atoms with Crippen LogP contribution in [0.3, 0.4) is 0 Å². The quantitative estimate of drug-likeness (QED) is 0.670. The minimum absolute atomic E-state index is 0.0852. The number of hydrogen-bond donors (Lipinski definition) is 1. The van der Waals surface area contributed by atoms with Crippen LogP contribution in [0.2, 0.25) is 0 Å². The Morgan fingerprint density at radius 1 is 1.08 bits per heavy atom. The zero-order valence-corrected chi connectivity index (χ0v) is 13.8. The van der Waals surface area contributed by atoms with Gasteiger partial charge >= 0.3 is 6.36 Å². The van der Waals surface area contributed by atoms with Crippen LogP contribution in [0.5, 0.6) is 16.7 Å². The monoisotopic (exact) mass is 380 g/mol. The van der Waals surface area contributed by atoms with Gasteiger partial charge in [0.15, 0.2) is 5.75 Å². The molecule has 3 rings (SSSR count). The molecule has 0 saturated heterocycles. The number of nitrogens with zero attached hydrogens (tertiary/aromatic N) is 1. The van der Waals surface area contributed by atoms with Crippen LogP contribution in [0, 0.1) is 0 Å². The van der Waals surface area contributed by atoms with E-state index in [2.05, 4.69) is 15.0 Å². The Bertz CT molecular complexity index is 881. The molecule has 2 aromatic carbocycles. The van der Waals surface area contributed by atoms with Crippen molar-refractivity contribution in [1.82, 2.24) is 4.98 Å². The average molecular weight is 380 g/mol. The van der Waals surface area contributed by atoms with Gasteiger partial charge in [-0.25, -0.2) is 4.98 Å². The summed E-state index contributed by atoms with van der Waals surface area (Å²) in [5, 5.41) is 4.62. The first-order valence-corrected chi connectivity index (χ1v) is 8.12. The maximum Gasteiger partial charge on any atom is 0.573 e. The topological polar surface area (TPSA) is 60.5 Å². The number of ether oxygens (including phenoxy) is 2. The van der Waals surface area contributed by atoms with E-state index in [1.807, 2.05) is 0 Å². The summed E-state index contributed by atoms with van der Waals surface area (Å²) in [6, 6.07) is 11.4.